The van der Waals surface area contributed by atoms with Crippen molar-refractivity contribution in [2.45, 2.75) is 25.7 Å². The summed E-state index contributed by atoms with van der Waals surface area (Å²) >= 11 is 3.34. The van der Waals surface area contributed by atoms with Gasteiger partial charge in [-0.3, -0.25) is 10.1 Å². The van der Waals surface area contributed by atoms with E-state index in [-0.39, 0.29) is 10.6 Å². The number of nitrogens with zero attached hydrogens (tertiary/aromatic N) is 4. The quantitative estimate of drug-likeness (QED) is 0.492. The van der Waals surface area contributed by atoms with Gasteiger partial charge in [0.2, 0.25) is 0 Å². The molecule has 0 bridgehead atoms. The molecule has 0 unspecified atom stereocenters. The van der Waals surface area contributed by atoms with Crippen LogP contribution in [0.25, 0.3) is 11.4 Å². The largest absolute Gasteiger partial charge is 0.310 e. The highest BCUT2D eigenvalue weighted by molar-refractivity contribution is 9.08. The number of nitro benzene ring substituents is 1. The molecule has 100 valence electrons. The average molecular weight is 325 g/mol. The molecule has 1 aromatic heterocycles. The van der Waals surface area contributed by atoms with Crippen LogP contribution in [0.3, 0.4) is 0 Å². The monoisotopic (exact) mass is 324 g/mol. The molecule has 0 fully saturated rings. The van der Waals surface area contributed by atoms with E-state index in [1.54, 1.807) is 6.07 Å². The predicted octanol–water partition coefficient (Wildman–Crippen LogP) is 3.08. The van der Waals surface area contributed by atoms with E-state index in [1.165, 1.54) is 6.07 Å². The second kappa shape index (κ2) is 5.48. The summed E-state index contributed by atoms with van der Waals surface area (Å²) in [5.74, 6) is 1.30. The van der Waals surface area contributed by atoms with Crippen molar-refractivity contribution in [2.75, 3.05) is 0 Å². The number of aryl methyl sites for hydroxylation is 1. The van der Waals surface area contributed by atoms with Gasteiger partial charge >= 0.3 is 0 Å². The molecule has 0 saturated heterocycles. The van der Waals surface area contributed by atoms with Gasteiger partial charge in [-0.25, -0.2) is 0 Å². The normalized spacial score (nSPS) is 10.7. The maximum atomic E-state index is 11.2. The van der Waals surface area contributed by atoms with E-state index in [1.807, 2.05) is 24.5 Å². The summed E-state index contributed by atoms with van der Waals surface area (Å²) in [4.78, 5) is 10.8. The van der Waals surface area contributed by atoms with Gasteiger partial charge in [0.05, 0.1) is 15.8 Å². The molecule has 0 atom stereocenters. The second-order valence-electron chi connectivity index (χ2n) is 4.04. The third-order valence-corrected chi connectivity index (χ3v) is 3.44. The van der Waals surface area contributed by atoms with Crippen molar-refractivity contribution in [2.24, 2.45) is 0 Å². The minimum Gasteiger partial charge on any atom is -0.310 e. The van der Waals surface area contributed by atoms with Crippen LogP contribution < -0.4 is 0 Å². The van der Waals surface area contributed by atoms with Crippen molar-refractivity contribution >= 4 is 21.6 Å². The minimum absolute atomic E-state index is 0.0585. The number of halogens is 1. The number of rotatable bonds is 4. The van der Waals surface area contributed by atoms with E-state index in [0.717, 1.165) is 11.4 Å². The van der Waals surface area contributed by atoms with Gasteiger partial charge in [-0.15, -0.1) is 10.2 Å². The smallest absolute Gasteiger partial charge is 0.280 e. The third-order valence-electron chi connectivity index (χ3n) is 2.93. The average Bonchev–Trinajstić information content (AvgIpc) is 2.80. The van der Waals surface area contributed by atoms with Crippen molar-refractivity contribution in [3.63, 3.8) is 0 Å². The summed E-state index contributed by atoms with van der Waals surface area (Å²) < 4.78 is 1.88. The zero-order valence-electron chi connectivity index (χ0n) is 10.6. The molecular weight excluding hydrogens is 312 g/mol. The zero-order chi connectivity index (χ0) is 14.0. The van der Waals surface area contributed by atoms with Crippen molar-refractivity contribution in [1.82, 2.24) is 14.8 Å². The molecule has 0 N–H and O–H groups in total. The highest BCUT2D eigenvalue weighted by Gasteiger charge is 2.23. The zero-order valence-corrected chi connectivity index (χ0v) is 12.2. The third kappa shape index (κ3) is 2.37. The van der Waals surface area contributed by atoms with Gasteiger partial charge in [-0.2, -0.15) is 0 Å². The van der Waals surface area contributed by atoms with Gasteiger partial charge in [0.15, 0.2) is 5.82 Å². The fourth-order valence-electron chi connectivity index (χ4n) is 2.05. The number of alkyl halides is 1. The SMILES string of the molecule is CCn1c(CBr)nnc1-c1c(C)cccc1[N+](=O)[O-]. The lowest BCUT2D eigenvalue weighted by atomic mass is 10.1. The predicted molar refractivity (Wildman–Crippen MR) is 75.2 cm³/mol. The summed E-state index contributed by atoms with van der Waals surface area (Å²) in [5.41, 5.74) is 1.41. The van der Waals surface area contributed by atoms with Gasteiger partial charge in [0.25, 0.3) is 5.69 Å². The molecule has 0 amide bonds. The van der Waals surface area contributed by atoms with Gasteiger partial charge in [0.1, 0.15) is 5.82 Å². The van der Waals surface area contributed by atoms with Gasteiger partial charge in [-0.1, -0.05) is 28.1 Å². The molecule has 0 saturated carbocycles. The van der Waals surface area contributed by atoms with E-state index < -0.39 is 0 Å². The molecule has 0 spiro atoms. The van der Waals surface area contributed by atoms with E-state index in [9.17, 15) is 10.1 Å². The highest BCUT2D eigenvalue weighted by atomic mass is 79.9. The first-order valence-electron chi connectivity index (χ1n) is 5.82. The van der Waals surface area contributed by atoms with Crippen LogP contribution in [-0.4, -0.2) is 19.7 Å². The van der Waals surface area contributed by atoms with Crippen LogP contribution in [0.15, 0.2) is 18.2 Å². The Kier molecular flexibility index (Phi) is 3.94. The Morgan fingerprint density at radius 2 is 2.16 bits per heavy atom. The molecule has 1 aromatic carbocycles. The van der Waals surface area contributed by atoms with Gasteiger partial charge in [-0.05, 0) is 19.4 Å². The van der Waals surface area contributed by atoms with Crippen LogP contribution >= 0.6 is 15.9 Å². The summed E-state index contributed by atoms with van der Waals surface area (Å²) in [6.07, 6.45) is 0. The number of benzene rings is 1. The maximum Gasteiger partial charge on any atom is 0.280 e. The van der Waals surface area contributed by atoms with Crippen molar-refractivity contribution < 1.29 is 4.92 Å². The van der Waals surface area contributed by atoms with Crippen molar-refractivity contribution in [3.8, 4) is 11.4 Å². The first-order valence-corrected chi connectivity index (χ1v) is 6.94. The summed E-state index contributed by atoms with van der Waals surface area (Å²) in [7, 11) is 0. The molecule has 0 radical (unpaired) electrons. The van der Waals surface area contributed by atoms with E-state index >= 15 is 0 Å². The summed E-state index contributed by atoms with van der Waals surface area (Å²) in [6, 6.07) is 5.00. The number of hydrogen-bond acceptors (Lipinski definition) is 4. The Morgan fingerprint density at radius 1 is 1.42 bits per heavy atom. The standard InChI is InChI=1S/C12H13BrN4O2/c1-3-16-10(7-13)14-15-12(16)11-8(2)5-4-6-9(11)17(18)19/h4-6H,3,7H2,1-2H3. The van der Waals surface area contributed by atoms with Crippen LogP contribution in [0, 0.1) is 17.0 Å². The number of hydrogen-bond donors (Lipinski definition) is 0. The Bertz CT molecular complexity index is 624. The van der Waals surface area contributed by atoms with Crippen LogP contribution in [0.1, 0.15) is 18.3 Å². The van der Waals surface area contributed by atoms with Crippen LogP contribution in [0.5, 0.6) is 0 Å². The Balaban J connectivity index is 2.71. The second-order valence-corrected chi connectivity index (χ2v) is 4.60. The molecule has 2 rings (SSSR count). The van der Waals surface area contributed by atoms with Gasteiger partial charge in [0, 0.05) is 12.6 Å². The molecule has 0 aliphatic rings. The van der Waals surface area contributed by atoms with E-state index in [4.69, 9.17) is 0 Å². The maximum absolute atomic E-state index is 11.2. The lowest BCUT2D eigenvalue weighted by Crippen LogP contribution is -2.04. The Hall–Kier alpha value is -1.76. The molecule has 1 heterocycles. The Morgan fingerprint density at radius 3 is 2.74 bits per heavy atom. The highest BCUT2D eigenvalue weighted by Crippen LogP contribution is 2.32. The van der Waals surface area contributed by atoms with Crippen LogP contribution in [0.4, 0.5) is 5.69 Å². The lowest BCUT2D eigenvalue weighted by molar-refractivity contribution is -0.384. The topological polar surface area (TPSA) is 73.8 Å². The fourth-order valence-corrected chi connectivity index (χ4v) is 2.46. The summed E-state index contributed by atoms with van der Waals surface area (Å²) in [6.45, 7) is 4.46. The Labute approximate surface area is 118 Å². The lowest BCUT2D eigenvalue weighted by Gasteiger charge is -2.08. The van der Waals surface area contributed by atoms with Crippen molar-refractivity contribution in [1.29, 1.82) is 0 Å². The van der Waals surface area contributed by atoms with E-state index in [0.29, 0.717) is 23.3 Å². The van der Waals surface area contributed by atoms with Crippen LogP contribution in [0.2, 0.25) is 0 Å². The first kappa shape index (κ1) is 13.7. The molecule has 7 heteroatoms. The molecule has 0 aliphatic heterocycles. The summed E-state index contributed by atoms with van der Waals surface area (Å²) in [5, 5.41) is 19.9. The minimum atomic E-state index is -0.384. The van der Waals surface area contributed by atoms with Gasteiger partial charge < -0.3 is 4.57 Å². The van der Waals surface area contributed by atoms with Crippen LogP contribution in [-0.2, 0) is 11.9 Å². The molecule has 2 aromatic rings. The molecule has 19 heavy (non-hydrogen) atoms. The first-order chi connectivity index (χ1) is 9.10. The number of nitro groups is 1. The molecular formula is C12H13BrN4O2. The fraction of sp³-hybridized carbons (Fsp3) is 0.333. The van der Waals surface area contributed by atoms with E-state index in [2.05, 4.69) is 26.1 Å². The van der Waals surface area contributed by atoms with Crippen molar-refractivity contribution in [3.05, 3.63) is 39.7 Å². The number of aromatic nitrogens is 3. The molecule has 0 aliphatic carbocycles. The molecule has 6 nitrogen and oxygen atoms in total.